The summed E-state index contributed by atoms with van der Waals surface area (Å²) in [6, 6.07) is 11.6. The number of aliphatic imine (C=N–C) groups is 1. The highest BCUT2D eigenvalue weighted by Gasteiger charge is 2.30. The number of hydrogen-bond acceptors (Lipinski definition) is 4. The number of amidine groups is 1. The zero-order valence-corrected chi connectivity index (χ0v) is 15.8. The molecule has 8 heteroatoms. The van der Waals surface area contributed by atoms with Gasteiger partial charge in [-0.15, -0.1) is 0 Å². The summed E-state index contributed by atoms with van der Waals surface area (Å²) >= 11 is 12.9. The lowest BCUT2D eigenvalue weighted by atomic mass is 10.2. The fourth-order valence-electron chi connectivity index (χ4n) is 2.22. The van der Waals surface area contributed by atoms with Crippen molar-refractivity contribution in [1.82, 2.24) is 4.90 Å². The number of thioether (sulfide) groups is 1. The molecular weight excluding hydrogens is 395 g/mol. The Labute approximate surface area is 163 Å². The third-order valence-electron chi connectivity index (χ3n) is 3.58. The average Bonchev–Trinajstić information content (AvgIpc) is 2.86. The highest BCUT2D eigenvalue weighted by atomic mass is 35.5. The monoisotopic (exact) mass is 406 g/mol. The predicted octanol–water partition coefficient (Wildman–Crippen LogP) is 4.93. The Balaban J connectivity index is 1.91. The van der Waals surface area contributed by atoms with E-state index < -0.39 is 5.97 Å². The molecule has 1 saturated heterocycles. The maximum atomic E-state index is 12.4. The van der Waals surface area contributed by atoms with Gasteiger partial charge in [0, 0.05) is 12.1 Å². The van der Waals surface area contributed by atoms with E-state index in [2.05, 4.69) is 4.99 Å². The first kappa shape index (κ1) is 18.5. The van der Waals surface area contributed by atoms with Gasteiger partial charge in [0.2, 0.25) is 0 Å². The first-order chi connectivity index (χ1) is 12.3. The molecular formula is C18H12Cl2N2O3S. The lowest BCUT2D eigenvalue weighted by Crippen LogP contribution is -2.23. The second kappa shape index (κ2) is 7.53. The molecule has 0 saturated carbocycles. The van der Waals surface area contributed by atoms with Gasteiger partial charge in [-0.3, -0.25) is 9.69 Å². The summed E-state index contributed by atoms with van der Waals surface area (Å²) in [5.41, 5.74) is 1.21. The van der Waals surface area contributed by atoms with Crippen molar-refractivity contribution >= 4 is 63.8 Å². The summed E-state index contributed by atoms with van der Waals surface area (Å²) < 4.78 is 0. The van der Waals surface area contributed by atoms with E-state index in [0.29, 0.717) is 20.8 Å². The molecule has 2 aromatic rings. The minimum Gasteiger partial charge on any atom is -0.478 e. The van der Waals surface area contributed by atoms with Crippen LogP contribution >= 0.6 is 35.0 Å². The van der Waals surface area contributed by atoms with Crippen molar-refractivity contribution in [3.63, 3.8) is 0 Å². The second-order valence-electron chi connectivity index (χ2n) is 5.39. The average molecular weight is 407 g/mol. The number of aromatic carboxylic acids is 1. The largest absolute Gasteiger partial charge is 0.478 e. The van der Waals surface area contributed by atoms with Crippen molar-refractivity contribution in [2.24, 2.45) is 4.99 Å². The van der Waals surface area contributed by atoms with Crippen LogP contribution in [0.15, 0.2) is 52.4 Å². The number of rotatable bonds is 3. The Kier molecular flexibility index (Phi) is 5.36. The van der Waals surface area contributed by atoms with Crippen LogP contribution in [0.5, 0.6) is 0 Å². The van der Waals surface area contributed by atoms with Crippen LogP contribution in [-0.4, -0.2) is 34.1 Å². The molecule has 3 rings (SSSR count). The van der Waals surface area contributed by atoms with Crippen LogP contribution in [-0.2, 0) is 4.79 Å². The number of carbonyl (C=O) groups is 2. The second-order valence-corrected chi connectivity index (χ2v) is 7.24. The van der Waals surface area contributed by atoms with E-state index in [0.717, 1.165) is 5.56 Å². The molecule has 0 aliphatic carbocycles. The first-order valence-corrected chi connectivity index (χ1v) is 8.97. The van der Waals surface area contributed by atoms with E-state index >= 15 is 0 Å². The molecule has 132 valence electrons. The molecule has 0 unspecified atom stereocenters. The number of carbonyl (C=O) groups excluding carboxylic acids is 1. The fourth-order valence-corrected chi connectivity index (χ4v) is 3.53. The molecule has 5 nitrogen and oxygen atoms in total. The topological polar surface area (TPSA) is 70.0 Å². The third kappa shape index (κ3) is 3.93. The van der Waals surface area contributed by atoms with Gasteiger partial charge < -0.3 is 5.11 Å². The summed E-state index contributed by atoms with van der Waals surface area (Å²) in [5.74, 6) is -1.32. The first-order valence-electron chi connectivity index (χ1n) is 7.40. The third-order valence-corrected chi connectivity index (χ3v) is 5.22. The van der Waals surface area contributed by atoms with Crippen LogP contribution in [0.1, 0.15) is 15.9 Å². The minimum atomic E-state index is -1.14. The standard InChI is InChI=1S/C18H12Cl2N2O3S/c1-22-16(23)15(8-10-2-4-11(19)5-3-10)26-18(22)21-12-6-7-14(20)13(9-12)17(24)25/h2-9H,1H3,(H,24,25)/b15-8-,21-18?. The van der Waals surface area contributed by atoms with Crippen LogP contribution < -0.4 is 0 Å². The summed E-state index contributed by atoms with van der Waals surface area (Å²) in [6.45, 7) is 0. The quantitative estimate of drug-likeness (QED) is 0.733. The molecule has 1 heterocycles. The van der Waals surface area contributed by atoms with E-state index in [-0.39, 0.29) is 16.5 Å². The van der Waals surface area contributed by atoms with Crippen molar-refractivity contribution in [3.8, 4) is 0 Å². The molecule has 0 bridgehead atoms. The van der Waals surface area contributed by atoms with Gasteiger partial charge in [0.05, 0.1) is 21.2 Å². The zero-order valence-electron chi connectivity index (χ0n) is 13.4. The maximum Gasteiger partial charge on any atom is 0.337 e. The van der Waals surface area contributed by atoms with Gasteiger partial charge in [-0.2, -0.15) is 0 Å². The predicted molar refractivity (Wildman–Crippen MR) is 105 cm³/mol. The Hall–Kier alpha value is -2.28. The van der Waals surface area contributed by atoms with Crippen molar-refractivity contribution in [2.75, 3.05) is 7.05 Å². The highest BCUT2D eigenvalue weighted by molar-refractivity contribution is 8.18. The van der Waals surface area contributed by atoms with E-state index in [1.165, 1.54) is 28.8 Å². The lowest BCUT2D eigenvalue weighted by molar-refractivity contribution is -0.121. The molecule has 0 atom stereocenters. The molecule has 26 heavy (non-hydrogen) atoms. The van der Waals surface area contributed by atoms with Crippen LogP contribution in [0.4, 0.5) is 5.69 Å². The highest BCUT2D eigenvalue weighted by Crippen LogP contribution is 2.34. The van der Waals surface area contributed by atoms with Gasteiger partial charge in [-0.25, -0.2) is 9.79 Å². The summed E-state index contributed by atoms with van der Waals surface area (Å²) in [5, 5.41) is 10.4. The van der Waals surface area contributed by atoms with Crippen molar-refractivity contribution < 1.29 is 14.7 Å². The van der Waals surface area contributed by atoms with E-state index in [9.17, 15) is 9.59 Å². The molecule has 1 N–H and O–H groups in total. The van der Waals surface area contributed by atoms with Crippen LogP contribution in [0.25, 0.3) is 6.08 Å². The molecule has 0 aromatic heterocycles. The van der Waals surface area contributed by atoms with Crippen molar-refractivity contribution in [1.29, 1.82) is 0 Å². The maximum absolute atomic E-state index is 12.4. The molecule has 1 amide bonds. The number of hydrogen-bond donors (Lipinski definition) is 1. The summed E-state index contributed by atoms with van der Waals surface area (Å²) in [7, 11) is 1.62. The van der Waals surface area contributed by atoms with Crippen LogP contribution in [0, 0.1) is 0 Å². The molecule has 0 spiro atoms. The van der Waals surface area contributed by atoms with Gasteiger partial charge in [0.25, 0.3) is 5.91 Å². The van der Waals surface area contributed by atoms with Crippen LogP contribution in [0.2, 0.25) is 10.0 Å². The Morgan fingerprint density at radius 3 is 2.54 bits per heavy atom. The summed E-state index contributed by atoms with van der Waals surface area (Å²) in [4.78, 5) is 29.9. The van der Waals surface area contributed by atoms with Gasteiger partial charge >= 0.3 is 5.97 Å². The Bertz CT molecular complexity index is 955. The normalized spacial score (nSPS) is 17.3. The zero-order chi connectivity index (χ0) is 18.8. The molecule has 1 aliphatic rings. The number of likely N-dealkylation sites (N-methyl/N-ethyl adjacent to an activating group) is 1. The Morgan fingerprint density at radius 2 is 1.88 bits per heavy atom. The minimum absolute atomic E-state index is 0.0394. The number of benzene rings is 2. The number of carboxylic acid groups (broad SMARTS) is 1. The van der Waals surface area contributed by atoms with Crippen LogP contribution in [0.3, 0.4) is 0 Å². The van der Waals surface area contributed by atoms with E-state index in [1.807, 2.05) is 12.1 Å². The lowest BCUT2D eigenvalue weighted by Gasteiger charge is -2.07. The number of nitrogens with zero attached hydrogens (tertiary/aromatic N) is 2. The molecule has 1 fully saturated rings. The van der Waals surface area contributed by atoms with Crippen molar-refractivity contribution in [2.45, 2.75) is 0 Å². The van der Waals surface area contributed by atoms with E-state index in [1.54, 1.807) is 31.3 Å². The number of halogens is 2. The fraction of sp³-hybridized carbons (Fsp3) is 0.0556. The molecule has 1 aliphatic heterocycles. The SMILES string of the molecule is CN1C(=O)/C(=C/c2ccc(Cl)cc2)SC1=Nc1ccc(Cl)c(C(=O)O)c1. The van der Waals surface area contributed by atoms with E-state index in [4.69, 9.17) is 28.3 Å². The van der Waals surface area contributed by atoms with Gasteiger partial charge in [0.1, 0.15) is 0 Å². The number of carboxylic acids is 1. The van der Waals surface area contributed by atoms with Gasteiger partial charge in [-0.1, -0.05) is 35.3 Å². The number of amides is 1. The van der Waals surface area contributed by atoms with Gasteiger partial charge in [-0.05, 0) is 53.7 Å². The molecule has 2 aromatic carbocycles. The van der Waals surface area contributed by atoms with Crippen molar-refractivity contribution in [3.05, 3.63) is 68.5 Å². The summed E-state index contributed by atoms with van der Waals surface area (Å²) in [6.07, 6.45) is 1.76. The molecule has 0 radical (unpaired) electrons. The van der Waals surface area contributed by atoms with Gasteiger partial charge in [0.15, 0.2) is 5.17 Å². The Morgan fingerprint density at radius 1 is 1.19 bits per heavy atom. The smallest absolute Gasteiger partial charge is 0.337 e.